The van der Waals surface area contributed by atoms with E-state index in [4.69, 9.17) is 11.0 Å². The normalized spacial score (nSPS) is 26.9. The van der Waals surface area contributed by atoms with E-state index in [0.717, 1.165) is 19.3 Å². The standard InChI is InChI=1S/C11H16N2O/c1-2-11(5-3-7-12)6-4-9(13)8-10(11)14/h8H,2-6,13H2,1H3/t11-/m1/s1. The zero-order valence-electron chi connectivity index (χ0n) is 8.55. The summed E-state index contributed by atoms with van der Waals surface area (Å²) in [5.41, 5.74) is 5.97. The molecule has 0 bridgehead atoms. The molecule has 1 aliphatic rings. The number of nitrogens with two attached hydrogens (primary N) is 1. The number of allylic oxidation sites excluding steroid dienone is 2. The molecule has 0 unspecified atom stereocenters. The van der Waals surface area contributed by atoms with E-state index in [1.807, 2.05) is 6.92 Å². The van der Waals surface area contributed by atoms with Crippen LogP contribution in [-0.2, 0) is 4.79 Å². The van der Waals surface area contributed by atoms with Crippen LogP contribution in [0.4, 0.5) is 0 Å². The Morgan fingerprint density at radius 1 is 1.71 bits per heavy atom. The summed E-state index contributed by atoms with van der Waals surface area (Å²) in [5.74, 6) is 0.110. The fraction of sp³-hybridized carbons (Fsp3) is 0.636. The van der Waals surface area contributed by atoms with Crippen LogP contribution in [0.5, 0.6) is 0 Å². The lowest BCUT2D eigenvalue weighted by Crippen LogP contribution is -2.33. The molecule has 0 aromatic rings. The maximum atomic E-state index is 11.8. The fourth-order valence-corrected chi connectivity index (χ4v) is 1.97. The number of carbonyl (C=O) groups is 1. The Bertz CT molecular complexity index is 301. The van der Waals surface area contributed by atoms with Crippen LogP contribution < -0.4 is 5.73 Å². The summed E-state index contributed by atoms with van der Waals surface area (Å²) in [6.07, 6.45) is 5.05. The first kappa shape index (κ1) is 10.8. The van der Waals surface area contributed by atoms with Gasteiger partial charge in [-0.25, -0.2) is 0 Å². The molecule has 2 N–H and O–H groups in total. The highest BCUT2D eigenvalue weighted by Gasteiger charge is 2.36. The number of nitrogens with zero attached hydrogens (tertiary/aromatic N) is 1. The smallest absolute Gasteiger partial charge is 0.163 e. The Morgan fingerprint density at radius 2 is 2.43 bits per heavy atom. The summed E-state index contributed by atoms with van der Waals surface area (Å²) < 4.78 is 0. The van der Waals surface area contributed by atoms with Crippen LogP contribution in [-0.4, -0.2) is 5.78 Å². The highest BCUT2D eigenvalue weighted by atomic mass is 16.1. The molecular formula is C11H16N2O. The third-order valence-electron chi connectivity index (χ3n) is 3.12. The van der Waals surface area contributed by atoms with E-state index in [1.165, 1.54) is 0 Å². The van der Waals surface area contributed by atoms with Crippen LogP contribution in [0.3, 0.4) is 0 Å². The van der Waals surface area contributed by atoms with E-state index in [-0.39, 0.29) is 11.2 Å². The van der Waals surface area contributed by atoms with Crippen LogP contribution in [0, 0.1) is 16.7 Å². The molecule has 0 heterocycles. The monoisotopic (exact) mass is 192 g/mol. The average Bonchev–Trinajstić information content (AvgIpc) is 2.18. The largest absolute Gasteiger partial charge is 0.402 e. The van der Waals surface area contributed by atoms with Crippen LogP contribution in [0.25, 0.3) is 0 Å². The van der Waals surface area contributed by atoms with Crippen molar-refractivity contribution < 1.29 is 4.79 Å². The van der Waals surface area contributed by atoms with Gasteiger partial charge >= 0.3 is 0 Å². The summed E-state index contributed by atoms with van der Waals surface area (Å²) in [6, 6.07) is 2.10. The van der Waals surface area contributed by atoms with Gasteiger partial charge in [-0.15, -0.1) is 0 Å². The van der Waals surface area contributed by atoms with Crippen molar-refractivity contribution in [2.24, 2.45) is 11.1 Å². The van der Waals surface area contributed by atoms with E-state index in [0.29, 0.717) is 18.5 Å². The van der Waals surface area contributed by atoms with Gasteiger partial charge in [0.1, 0.15) is 0 Å². The summed E-state index contributed by atoms with van der Waals surface area (Å²) in [5, 5.41) is 8.54. The molecule has 3 nitrogen and oxygen atoms in total. The molecule has 0 spiro atoms. The zero-order chi connectivity index (χ0) is 10.6. The lowest BCUT2D eigenvalue weighted by molar-refractivity contribution is -0.125. The van der Waals surface area contributed by atoms with Gasteiger partial charge in [-0.2, -0.15) is 5.26 Å². The Labute approximate surface area is 84.6 Å². The van der Waals surface area contributed by atoms with Crippen molar-refractivity contribution in [2.75, 3.05) is 0 Å². The quantitative estimate of drug-likeness (QED) is 0.742. The van der Waals surface area contributed by atoms with E-state index in [1.54, 1.807) is 6.08 Å². The first-order valence-electron chi connectivity index (χ1n) is 5.02. The van der Waals surface area contributed by atoms with E-state index >= 15 is 0 Å². The van der Waals surface area contributed by atoms with Gasteiger partial charge in [0.15, 0.2) is 5.78 Å². The first-order valence-corrected chi connectivity index (χ1v) is 5.02. The number of hydrogen-bond donors (Lipinski definition) is 1. The zero-order valence-corrected chi connectivity index (χ0v) is 8.55. The summed E-state index contributed by atoms with van der Waals surface area (Å²) in [7, 11) is 0. The number of carbonyl (C=O) groups excluding carboxylic acids is 1. The van der Waals surface area contributed by atoms with Crippen LogP contribution >= 0.6 is 0 Å². The van der Waals surface area contributed by atoms with Gasteiger partial charge in [-0.1, -0.05) is 6.92 Å². The molecular weight excluding hydrogens is 176 g/mol. The molecule has 76 valence electrons. The number of ketones is 1. The molecule has 0 aromatic heterocycles. The minimum Gasteiger partial charge on any atom is -0.402 e. The van der Waals surface area contributed by atoms with Crippen LogP contribution in [0.1, 0.15) is 39.0 Å². The number of hydrogen-bond acceptors (Lipinski definition) is 3. The summed E-state index contributed by atoms with van der Waals surface area (Å²) in [6.45, 7) is 2.00. The van der Waals surface area contributed by atoms with Crippen molar-refractivity contribution in [3.63, 3.8) is 0 Å². The van der Waals surface area contributed by atoms with Gasteiger partial charge in [0.25, 0.3) is 0 Å². The predicted octanol–water partition coefficient (Wildman–Crippen LogP) is 1.89. The van der Waals surface area contributed by atoms with Gasteiger partial charge < -0.3 is 5.73 Å². The molecule has 14 heavy (non-hydrogen) atoms. The highest BCUT2D eigenvalue weighted by molar-refractivity contribution is 5.96. The van der Waals surface area contributed by atoms with Crippen molar-refractivity contribution in [3.05, 3.63) is 11.8 Å². The minimum atomic E-state index is -0.307. The Hall–Kier alpha value is -1.30. The molecule has 0 radical (unpaired) electrons. The SMILES string of the molecule is CC[C@@]1(CCC#N)CCC(N)=CC1=O. The van der Waals surface area contributed by atoms with Crippen LogP contribution in [0.15, 0.2) is 11.8 Å². The molecule has 3 heteroatoms. The molecule has 0 aliphatic heterocycles. The Morgan fingerprint density at radius 3 is 2.93 bits per heavy atom. The average molecular weight is 192 g/mol. The first-order chi connectivity index (χ1) is 6.64. The lowest BCUT2D eigenvalue weighted by atomic mass is 9.70. The molecule has 0 saturated carbocycles. The minimum absolute atomic E-state index is 0.110. The van der Waals surface area contributed by atoms with Crippen molar-refractivity contribution in [2.45, 2.75) is 39.0 Å². The molecule has 1 atom stereocenters. The maximum Gasteiger partial charge on any atom is 0.163 e. The Kier molecular flexibility index (Phi) is 3.29. The topological polar surface area (TPSA) is 66.9 Å². The Balaban J connectivity index is 2.81. The second kappa shape index (κ2) is 4.28. The van der Waals surface area contributed by atoms with Crippen molar-refractivity contribution >= 4 is 5.78 Å². The number of nitriles is 1. The molecule has 0 aromatic carbocycles. The molecule has 1 aliphatic carbocycles. The second-order valence-electron chi connectivity index (χ2n) is 3.88. The van der Waals surface area contributed by atoms with E-state index < -0.39 is 0 Å². The summed E-state index contributed by atoms with van der Waals surface area (Å²) in [4.78, 5) is 11.8. The second-order valence-corrected chi connectivity index (χ2v) is 3.88. The lowest BCUT2D eigenvalue weighted by Gasteiger charge is -2.32. The third-order valence-corrected chi connectivity index (χ3v) is 3.12. The molecule has 0 fully saturated rings. The van der Waals surface area contributed by atoms with E-state index in [9.17, 15) is 4.79 Å². The van der Waals surface area contributed by atoms with Gasteiger partial charge in [0, 0.05) is 23.6 Å². The summed E-state index contributed by atoms with van der Waals surface area (Å²) >= 11 is 0. The molecule has 0 saturated heterocycles. The predicted molar refractivity (Wildman–Crippen MR) is 54.1 cm³/mol. The molecule has 0 amide bonds. The van der Waals surface area contributed by atoms with Crippen LogP contribution in [0.2, 0.25) is 0 Å². The fourth-order valence-electron chi connectivity index (χ4n) is 1.97. The van der Waals surface area contributed by atoms with Gasteiger partial charge in [0.05, 0.1) is 6.07 Å². The van der Waals surface area contributed by atoms with Gasteiger partial charge in [-0.3, -0.25) is 4.79 Å². The highest BCUT2D eigenvalue weighted by Crippen LogP contribution is 2.38. The van der Waals surface area contributed by atoms with E-state index in [2.05, 4.69) is 6.07 Å². The third kappa shape index (κ3) is 1.95. The van der Waals surface area contributed by atoms with Crippen molar-refractivity contribution in [1.82, 2.24) is 0 Å². The number of rotatable bonds is 3. The van der Waals surface area contributed by atoms with Crippen molar-refractivity contribution in [1.29, 1.82) is 5.26 Å². The van der Waals surface area contributed by atoms with Gasteiger partial charge in [0.2, 0.25) is 0 Å². The van der Waals surface area contributed by atoms with Gasteiger partial charge in [-0.05, 0) is 25.7 Å². The van der Waals surface area contributed by atoms with Crippen molar-refractivity contribution in [3.8, 4) is 6.07 Å². The maximum absolute atomic E-state index is 11.8. The molecule has 1 rings (SSSR count).